The van der Waals surface area contributed by atoms with Crippen molar-refractivity contribution < 1.29 is 18.7 Å². The third-order valence-corrected chi connectivity index (χ3v) is 5.58. The summed E-state index contributed by atoms with van der Waals surface area (Å²) in [5.74, 6) is 0.156. The van der Waals surface area contributed by atoms with Crippen molar-refractivity contribution in [2.75, 3.05) is 33.3 Å². The van der Waals surface area contributed by atoms with Crippen LogP contribution in [0.15, 0.2) is 54.7 Å². The number of methoxy groups -OCH3 is 1. The van der Waals surface area contributed by atoms with Crippen LogP contribution in [0.5, 0.6) is 5.75 Å². The molecule has 0 atom stereocenters. The Morgan fingerprint density at radius 1 is 1.00 bits per heavy atom. The minimum Gasteiger partial charge on any atom is -0.494 e. The van der Waals surface area contributed by atoms with Crippen LogP contribution in [0.4, 0.5) is 4.39 Å². The van der Waals surface area contributed by atoms with E-state index in [2.05, 4.69) is 5.10 Å². The number of benzene rings is 2. The average molecular weight is 436 g/mol. The van der Waals surface area contributed by atoms with Crippen LogP contribution in [0.1, 0.15) is 21.6 Å². The minimum atomic E-state index is -0.323. The number of halogens is 1. The smallest absolute Gasteiger partial charge is 0.274 e. The molecular weight excluding hydrogens is 411 g/mol. The molecule has 3 aromatic rings. The number of piperazine rings is 1. The largest absolute Gasteiger partial charge is 0.494 e. The molecule has 0 spiro atoms. The second kappa shape index (κ2) is 9.21. The standard InChI is InChI=1S/C24H25FN4O3/c1-17-3-8-22(32-2)21(15-17)29-10-9-20(26-29)24(31)28-13-11-27(12-14-28)23(30)16-18-4-6-19(25)7-5-18/h3-10,15H,11-14,16H2,1-2H3. The summed E-state index contributed by atoms with van der Waals surface area (Å²) in [6, 6.07) is 13.4. The fourth-order valence-electron chi connectivity index (χ4n) is 3.76. The van der Waals surface area contributed by atoms with Crippen molar-refractivity contribution in [1.29, 1.82) is 0 Å². The van der Waals surface area contributed by atoms with E-state index in [1.54, 1.807) is 46.0 Å². The zero-order valence-electron chi connectivity index (χ0n) is 18.1. The molecule has 2 aromatic carbocycles. The summed E-state index contributed by atoms with van der Waals surface area (Å²) >= 11 is 0. The fourth-order valence-corrected chi connectivity index (χ4v) is 3.76. The highest BCUT2D eigenvalue weighted by Gasteiger charge is 2.26. The van der Waals surface area contributed by atoms with Gasteiger partial charge in [-0.2, -0.15) is 5.10 Å². The van der Waals surface area contributed by atoms with Gasteiger partial charge in [-0.25, -0.2) is 9.07 Å². The first-order chi connectivity index (χ1) is 15.4. The van der Waals surface area contributed by atoms with Crippen molar-refractivity contribution in [3.05, 3.63) is 77.4 Å². The Balaban J connectivity index is 1.37. The maximum absolute atomic E-state index is 13.0. The van der Waals surface area contributed by atoms with Crippen LogP contribution in [0.2, 0.25) is 0 Å². The molecule has 1 saturated heterocycles. The summed E-state index contributed by atoms with van der Waals surface area (Å²) < 4.78 is 20.1. The van der Waals surface area contributed by atoms with Crippen LogP contribution in [-0.2, 0) is 11.2 Å². The van der Waals surface area contributed by atoms with Gasteiger partial charge in [0.05, 0.1) is 13.5 Å². The van der Waals surface area contributed by atoms with Crippen LogP contribution < -0.4 is 4.74 Å². The summed E-state index contributed by atoms with van der Waals surface area (Å²) in [6.45, 7) is 3.77. The van der Waals surface area contributed by atoms with Crippen LogP contribution in [0.25, 0.3) is 5.69 Å². The van der Waals surface area contributed by atoms with E-state index in [9.17, 15) is 14.0 Å². The van der Waals surface area contributed by atoms with Crippen LogP contribution in [0, 0.1) is 12.7 Å². The number of carbonyl (C=O) groups excluding carboxylic acids is 2. The number of aromatic nitrogens is 2. The first kappa shape index (κ1) is 21.5. The maximum Gasteiger partial charge on any atom is 0.274 e. The Morgan fingerprint density at radius 3 is 2.38 bits per heavy atom. The van der Waals surface area contributed by atoms with Gasteiger partial charge in [0.1, 0.15) is 17.3 Å². The van der Waals surface area contributed by atoms with E-state index in [1.807, 2.05) is 25.1 Å². The fraction of sp³-hybridized carbons (Fsp3) is 0.292. The molecule has 166 valence electrons. The first-order valence-corrected chi connectivity index (χ1v) is 10.5. The second-order valence-electron chi connectivity index (χ2n) is 7.80. The lowest BCUT2D eigenvalue weighted by atomic mass is 10.1. The normalized spacial score (nSPS) is 13.8. The quantitative estimate of drug-likeness (QED) is 0.617. The van der Waals surface area contributed by atoms with Gasteiger partial charge in [-0.15, -0.1) is 0 Å². The number of aryl methyl sites for hydroxylation is 1. The highest BCUT2D eigenvalue weighted by atomic mass is 19.1. The Bertz CT molecular complexity index is 1120. The van der Waals surface area contributed by atoms with E-state index in [-0.39, 0.29) is 24.1 Å². The molecule has 7 nitrogen and oxygen atoms in total. The van der Waals surface area contributed by atoms with E-state index >= 15 is 0 Å². The summed E-state index contributed by atoms with van der Waals surface area (Å²) in [5, 5.41) is 4.46. The molecule has 4 rings (SSSR count). The highest BCUT2D eigenvalue weighted by Crippen LogP contribution is 2.23. The molecule has 0 radical (unpaired) electrons. The van der Waals surface area contributed by atoms with Gasteiger partial charge in [0.25, 0.3) is 5.91 Å². The molecule has 0 unspecified atom stereocenters. The number of carbonyl (C=O) groups is 2. The van der Waals surface area contributed by atoms with Gasteiger partial charge in [-0.3, -0.25) is 9.59 Å². The number of rotatable bonds is 5. The summed E-state index contributed by atoms with van der Waals surface area (Å²) in [4.78, 5) is 28.9. The molecule has 0 saturated carbocycles. The zero-order valence-corrected chi connectivity index (χ0v) is 18.1. The topological polar surface area (TPSA) is 67.7 Å². The monoisotopic (exact) mass is 436 g/mol. The highest BCUT2D eigenvalue weighted by molar-refractivity contribution is 5.92. The van der Waals surface area contributed by atoms with Gasteiger partial charge in [-0.1, -0.05) is 18.2 Å². The van der Waals surface area contributed by atoms with Gasteiger partial charge in [0, 0.05) is 32.4 Å². The van der Waals surface area contributed by atoms with E-state index in [4.69, 9.17) is 4.74 Å². The Morgan fingerprint density at radius 2 is 1.69 bits per heavy atom. The SMILES string of the molecule is COc1ccc(C)cc1-n1ccc(C(=O)N2CCN(C(=O)Cc3ccc(F)cc3)CC2)n1. The minimum absolute atomic E-state index is 0.0282. The molecule has 2 heterocycles. The van der Waals surface area contributed by atoms with Crippen LogP contribution in [-0.4, -0.2) is 64.7 Å². The molecule has 0 aliphatic carbocycles. The first-order valence-electron chi connectivity index (χ1n) is 10.5. The molecule has 2 amide bonds. The van der Waals surface area contributed by atoms with E-state index < -0.39 is 0 Å². The van der Waals surface area contributed by atoms with Crippen molar-refractivity contribution >= 4 is 11.8 Å². The Labute approximate surface area is 186 Å². The van der Waals surface area contributed by atoms with Gasteiger partial charge in [0.15, 0.2) is 5.69 Å². The summed E-state index contributed by atoms with van der Waals surface area (Å²) in [6.07, 6.45) is 1.96. The van der Waals surface area contributed by atoms with Crippen molar-refractivity contribution in [2.24, 2.45) is 0 Å². The number of amides is 2. The van der Waals surface area contributed by atoms with Crippen LogP contribution >= 0.6 is 0 Å². The summed E-state index contributed by atoms with van der Waals surface area (Å²) in [5.41, 5.74) is 2.94. The lowest BCUT2D eigenvalue weighted by Crippen LogP contribution is -2.51. The number of hydrogen-bond acceptors (Lipinski definition) is 4. The molecule has 1 aliphatic rings. The van der Waals surface area contributed by atoms with E-state index in [0.29, 0.717) is 37.6 Å². The third-order valence-electron chi connectivity index (χ3n) is 5.58. The predicted molar refractivity (Wildman–Crippen MR) is 117 cm³/mol. The molecule has 0 N–H and O–H groups in total. The lowest BCUT2D eigenvalue weighted by Gasteiger charge is -2.34. The second-order valence-corrected chi connectivity index (χ2v) is 7.80. The lowest BCUT2D eigenvalue weighted by molar-refractivity contribution is -0.131. The summed E-state index contributed by atoms with van der Waals surface area (Å²) in [7, 11) is 1.60. The van der Waals surface area contributed by atoms with Gasteiger partial charge >= 0.3 is 0 Å². The number of hydrogen-bond donors (Lipinski definition) is 0. The van der Waals surface area contributed by atoms with Gasteiger partial charge in [-0.05, 0) is 48.4 Å². The molecule has 0 bridgehead atoms. The van der Waals surface area contributed by atoms with Crippen molar-refractivity contribution in [3.63, 3.8) is 0 Å². The van der Waals surface area contributed by atoms with Crippen molar-refractivity contribution in [1.82, 2.24) is 19.6 Å². The zero-order chi connectivity index (χ0) is 22.7. The molecule has 32 heavy (non-hydrogen) atoms. The molecule has 8 heteroatoms. The van der Waals surface area contributed by atoms with Gasteiger partial charge < -0.3 is 14.5 Å². The third kappa shape index (κ3) is 4.64. The molecular formula is C24H25FN4O3. The molecule has 1 aromatic heterocycles. The van der Waals surface area contributed by atoms with Crippen molar-refractivity contribution in [2.45, 2.75) is 13.3 Å². The van der Waals surface area contributed by atoms with E-state index in [0.717, 1.165) is 16.8 Å². The number of ether oxygens (including phenoxy) is 1. The van der Waals surface area contributed by atoms with Gasteiger partial charge in [0.2, 0.25) is 5.91 Å². The molecule has 1 aliphatic heterocycles. The Kier molecular flexibility index (Phi) is 6.20. The Hall–Kier alpha value is -3.68. The average Bonchev–Trinajstić information content (AvgIpc) is 3.30. The maximum atomic E-state index is 13.0. The molecule has 1 fully saturated rings. The van der Waals surface area contributed by atoms with E-state index in [1.165, 1.54) is 12.1 Å². The van der Waals surface area contributed by atoms with Crippen LogP contribution in [0.3, 0.4) is 0 Å². The van der Waals surface area contributed by atoms with Crippen molar-refractivity contribution in [3.8, 4) is 11.4 Å². The number of nitrogens with zero attached hydrogens (tertiary/aromatic N) is 4. The predicted octanol–water partition coefficient (Wildman–Crippen LogP) is 2.86.